The summed E-state index contributed by atoms with van der Waals surface area (Å²) >= 11 is 0. The minimum absolute atomic E-state index is 0.168. The largest absolute Gasteiger partial charge is 0.462 e. The molecule has 4 N–H and O–H groups in total. The van der Waals surface area contributed by atoms with Crippen LogP contribution in [0.25, 0.3) is 0 Å². The summed E-state index contributed by atoms with van der Waals surface area (Å²) in [6.07, 6.45) is 22.6. The van der Waals surface area contributed by atoms with Crippen LogP contribution >= 0.6 is 0 Å². The Balaban J connectivity index is 2.48. The molecule has 0 bridgehead atoms. The van der Waals surface area contributed by atoms with E-state index in [9.17, 15) is 37.9 Å². The van der Waals surface area contributed by atoms with E-state index < -0.39 is 71.2 Å². The smallest absolute Gasteiger partial charge is 0.306 e. The maximum absolute atomic E-state index is 12.8. The molecule has 1 aliphatic rings. The van der Waals surface area contributed by atoms with Crippen LogP contribution in [0.1, 0.15) is 181 Å². The number of aliphatic hydroxyl groups is 3. The van der Waals surface area contributed by atoms with E-state index in [0.717, 1.165) is 57.8 Å². The summed E-state index contributed by atoms with van der Waals surface area (Å²) in [5.74, 6) is -1.98. The number of carbonyl (C=O) groups is 2. The highest BCUT2D eigenvalue weighted by Crippen LogP contribution is 2.24. The van der Waals surface area contributed by atoms with Crippen LogP contribution < -0.4 is 0 Å². The molecule has 54 heavy (non-hydrogen) atoms. The second-order valence-corrected chi connectivity index (χ2v) is 16.5. The molecule has 0 amide bonds. The Hall–Kier alpha value is -1.61. The Morgan fingerprint density at radius 2 is 1.06 bits per heavy atom. The lowest BCUT2D eigenvalue weighted by Gasteiger charge is -2.40. The van der Waals surface area contributed by atoms with Crippen molar-refractivity contribution in [1.29, 1.82) is 0 Å². The third kappa shape index (κ3) is 27.1. The van der Waals surface area contributed by atoms with E-state index >= 15 is 0 Å². The highest BCUT2D eigenvalue weighted by Gasteiger charge is 2.46. The van der Waals surface area contributed by atoms with E-state index in [1.807, 2.05) is 0 Å². The maximum Gasteiger partial charge on any atom is 0.306 e. The van der Waals surface area contributed by atoms with Gasteiger partial charge >= 0.3 is 11.9 Å². The fourth-order valence-corrected chi connectivity index (χ4v) is 7.19. The van der Waals surface area contributed by atoms with E-state index in [-0.39, 0.29) is 19.4 Å². The molecule has 1 heterocycles. The van der Waals surface area contributed by atoms with Gasteiger partial charge in [-0.15, -0.1) is 0 Å². The van der Waals surface area contributed by atoms with Crippen molar-refractivity contribution in [3.05, 3.63) is 12.2 Å². The zero-order chi connectivity index (χ0) is 39.9. The van der Waals surface area contributed by atoms with Gasteiger partial charge in [-0.25, -0.2) is 0 Å². The topological polar surface area (TPSA) is 186 Å². The lowest BCUT2D eigenvalue weighted by molar-refractivity contribution is -0.297. The second kappa shape index (κ2) is 32.5. The molecule has 0 aromatic rings. The van der Waals surface area contributed by atoms with Crippen molar-refractivity contribution >= 4 is 22.1 Å². The zero-order valence-electron chi connectivity index (χ0n) is 33.6. The van der Waals surface area contributed by atoms with Gasteiger partial charge in [0.25, 0.3) is 10.1 Å². The van der Waals surface area contributed by atoms with Crippen LogP contribution in [0.3, 0.4) is 0 Å². The van der Waals surface area contributed by atoms with Gasteiger partial charge in [0.05, 0.1) is 6.61 Å². The van der Waals surface area contributed by atoms with Crippen molar-refractivity contribution in [3.8, 4) is 0 Å². The molecule has 1 fully saturated rings. The number of ether oxygens (including phenoxy) is 4. The van der Waals surface area contributed by atoms with Gasteiger partial charge < -0.3 is 34.3 Å². The van der Waals surface area contributed by atoms with Crippen molar-refractivity contribution in [2.75, 3.05) is 19.0 Å². The van der Waals surface area contributed by atoms with Gasteiger partial charge in [-0.1, -0.05) is 142 Å². The van der Waals surface area contributed by atoms with E-state index in [4.69, 9.17) is 18.9 Å². The van der Waals surface area contributed by atoms with E-state index in [0.29, 0.717) is 12.8 Å². The van der Waals surface area contributed by atoms with Gasteiger partial charge in [0.1, 0.15) is 36.8 Å². The minimum atomic E-state index is -4.60. The number of unbranched alkanes of at least 4 members (excludes halogenated alkanes) is 21. The molecule has 0 aromatic carbocycles. The minimum Gasteiger partial charge on any atom is -0.462 e. The lowest BCUT2D eigenvalue weighted by Crippen LogP contribution is -2.60. The van der Waals surface area contributed by atoms with Gasteiger partial charge in [0, 0.05) is 12.8 Å². The molecule has 12 nitrogen and oxygen atoms in total. The number of allylic oxidation sites excluding steroid dienone is 2. The monoisotopic (exact) mass is 793 g/mol. The van der Waals surface area contributed by atoms with Crippen LogP contribution in [0.4, 0.5) is 0 Å². The Kier molecular flexibility index (Phi) is 30.3. The van der Waals surface area contributed by atoms with Crippen LogP contribution in [0, 0.1) is 0 Å². The average Bonchev–Trinajstić information content (AvgIpc) is 3.13. The van der Waals surface area contributed by atoms with Gasteiger partial charge in [-0.3, -0.25) is 14.1 Å². The number of hydrogen-bond acceptors (Lipinski definition) is 11. The van der Waals surface area contributed by atoms with Gasteiger partial charge in [0.2, 0.25) is 0 Å². The molecule has 0 aromatic heterocycles. The van der Waals surface area contributed by atoms with Crippen molar-refractivity contribution in [1.82, 2.24) is 0 Å². The van der Waals surface area contributed by atoms with Crippen LogP contribution in [0.2, 0.25) is 0 Å². The molecule has 0 aliphatic carbocycles. The van der Waals surface area contributed by atoms with Gasteiger partial charge in [-0.2, -0.15) is 8.42 Å². The molecule has 1 unspecified atom stereocenters. The van der Waals surface area contributed by atoms with Gasteiger partial charge in [-0.05, 0) is 38.5 Å². The van der Waals surface area contributed by atoms with E-state index in [1.165, 1.54) is 83.5 Å². The highest BCUT2D eigenvalue weighted by molar-refractivity contribution is 7.85. The van der Waals surface area contributed by atoms with Crippen LogP contribution in [-0.4, -0.2) is 96.0 Å². The predicted molar refractivity (Wildman–Crippen MR) is 210 cm³/mol. The summed E-state index contributed by atoms with van der Waals surface area (Å²) in [6, 6.07) is 0. The molecule has 1 aliphatic heterocycles. The lowest BCUT2D eigenvalue weighted by atomic mass is 10.00. The molecular formula is C41H76O12S. The summed E-state index contributed by atoms with van der Waals surface area (Å²) in [6.45, 7) is 3.73. The third-order valence-electron chi connectivity index (χ3n) is 9.85. The van der Waals surface area contributed by atoms with Crippen LogP contribution in [0.15, 0.2) is 12.2 Å². The molecule has 318 valence electrons. The first-order valence-corrected chi connectivity index (χ1v) is 22.9. The Morgan fingerprint density at radius 3 is 1.56 bits per heavy atom. The summed E-state index contributed by atoms with van der Waals surface area (Å²) in [7, 11) is -4.60. The molecular weight excluding hydrogens is 717 g/mol. The average molecular weight is 793 g/mol. The fraction of sp³-hybridized carbons (Fsp3) is 0.902. The quantitative estimate of drug-likeness (QED) is 0.0211. The Labute approximate surface area is 326 Å². The van der Waals surface area contributed by atoms with Crippen molar-refractivity contribution < 1.29 is 56.8 Å². The summed E-state index contributed by atoms with van der Waals surface area (Å²) < 4.78 is 53.9. The highest BCUT2D eigenvalue weighted by atomic mass is 32.2. The molecule has 0 spiro atoms. The number of esters is 2. The number of carbonyl (C=O) groups excluding carboxylic acids is 2. The predicted octanol–water partition coefficient (Wildman–Crippen LogP) is 7.89. The first kappa shape index (κ1) is 50.4. The molecule has 0 radical (unpaired) electrons. The first-order chi connectivity index (χ1) is 26.0. The van der Waals surface area contributed by atoms with Crippen LogP contribution in [-0.2, 0) is 38.7 Å². The van der Waals surface area contributed by atoms with E-state index in [2.05, 4.69) is 26.0 Å². The first-order valence-electron chi connectivity index (χ1n) is 21.2. The van der Waals surface area contributed by atoms with Crippen molar-refractivity contribution in [3.63, 3.8) is 0 Å². The summed E-state index contributed by atoms with van der Waals surface area (Å²) in [5, 5.41) is 30.8. The summed E-state index contributed by atoms with van der Waals surface area (Å²) in [4.78, 5) is 25.3. The molecule has 13 heteroatoms. The molecule has 1 rings (SSSR count). The normalized spacial score (nSPS) is 21.0. The number of aliphatic hydroxyl groups excluding tert-OH is 3. The van der Waals surface area contributed by atoms with Crippen LogP contribution in [0.5, 0.6) is 0 Å². The van der Waals surface area contributed by atoms with Crippen molar-refractivity contribution in [2.24, 2.45) is 0 Å². The number of hydrogen-bond donors (Lipinski definition) is 4. The number of rotatable bonds is 35. The maximum atomic E-state index is 12.8. The molecule has 0 saturated carbocycles. The third-order valence-corrected chi connectivity index (χ3v) is 10.6. The standard InChI is InChI=1S/C41H76O12S/c1-3-5-7-9-11-13-15-17-19-21-23-25-27-29-36(42)50-31-34(32-51-41-40(46)39(45)38(44)35(53-41)33-54(47,48)49)52-37(43)30-28-26-24-22-20-18-16-14-12-10-8-6-4-2/h13,15,34-35,38-41,44-46H,3-12,14,16-33H2,1-2H3,(H,47,48,49)/t34?,35-,38-,39+,40-,41+/m1/s1. The fourth-order valence-electron chi connectivity index (χ4n) is 6.49. The second-order valence-electron chi connectivity index (χ2n) is 15.0. The molecule has 1 saturated heterocycles. The zero-order valence-corrected chi connectivity index (χ0v) is 34.4. The Morgan fingerprint density at radius 1 is 0.611 bits per heavy atom. The van der Waals surface area contributed by atoms with E-state index in [1.54, 1.807) is 0 Å². The van der Waals surface area contributed by atoms with Crippen molar-refractivity contribution in [2.45, 2.75) is 218 Å². The Bertz CT molecular complexity index is 1070. The molecule has 6 atom stereocenters. The van der Waals surface area contributed by atoms with Gasteiger partial charge in [0.15, 0.2) is 12.4 Å². The summed E-state index contributed by atoms with van der Waals surface area (Å²) in [5.41, 5.74) is 0. The SMILES string of the molecule is CCCCCCC=CCCCCCCCC(=O)OCC(CO[C@H]1O[C@H](CS(=O)(=O)O)[C@@H](O)[C@H](O)[C@H]1O)OC(=O)CCCCCCCCCCCCCCC.